The summed E-state index contributed by atoms with van der Waals surface area (Å²) in [7, 11) is 0. The van der Waals surface area contributed by atoms with Gasteiger partial charge < -0.3 is 14.7 Å². The second kappa shape index (κ2) is 6.95. The lowest BCUT2D eigenvalue weighted by atomic mass is 9.44. The van der Waals surface area contributed by atoms with E-state index in [1.165, 1.54) is 44.9 Å². The van der Waals surface area contributed by atoms with Crippen molar-refractivity contribution < 1.29 is 14.7 Å². The third-order valence-electron chi connectivity index (χ3n) is 11.9. The summed E-state index contributed by atoms with van der Waals surface area (Å²) in [5.74, 6) is 4.79. The minimum atomic E-state index is -0.292. The van der Waals surface area contributed by atoms with Gasteiger partial charge in [0.2, 0.25) is 0 Å². The highest BCUT2D eigenvalue weighted by molar-refractivity contribution is 5.85. The molecule has 4 saturated carbocycles. The summed E-state index contributed by atoms with van der Waals surface area (Å²) in [4.78, 5) is 0. The van der Waals surface area contributed by atoms with Gasteiger partial charge in [0, 0.05) is 12.3 Å². The topological polar surface area (TPSA) is 51.0 Å². The van der Waals surface area contributed by atoms with Crippen LogP contribution >= 0.6 is 0 Å². The lowest BCUT2D eigenvalue weighted by molar-refractivity contribution is -0.273. The molecule has 6 rings (SSSR count). The Balaban J connectivity index is 1.25. The molecule has 1 N–H and O–H groups in total. The van der Waals surface area contributed by atoms with Gasteiger partial charge in [-0.05, 0) is 104 Å². The minimum Gasteiger partial charge on any atom is -0.411 e. The van der Waals surface area contributed by atoms with E-state index in [1.54, 1.807) is 0 Å². The molecule has 6 aliphatic rings. The fraction of sp³-hybridized carbons (Fsp3) is 0.963. The molecule has 1 spiro atoms. The molecule has 0 unspecified atom stereocenters. The SMILES string of the molecule is C[C@H]1CC[C@@]2(OC1)O[C@H]1C[C@H]3[C@@H]4CC[C@@H]5CC(=NO)CC[C@]5(C)[C@H]4CC[C@]3(C)[C@H]1[C@@H]2C. The molecule has 0 amide bonds. The molecule has 4 nitrogen and oxygen atoms in total. The first kappa shape index (κ1) is 21.0. The fourth-order valence-corrected chi connectivity index (χ4v) is 10.2. The summed E-state index contributed by atoms with van der Waals surface area (Å²) in [5, 5.41) is 13.0. The van der Waals surface area contributed by atoms with Gasteiger partial charge in [-0.25, -0.2) is 0 Å². The molecule has 2 saturated heterocycles. The molecular formula is C27H43NO3. The van der Waals surface area contributed by atoms with E-state index in [4.69, 9.17) is 9.47 Å². The van der Waals surface area contributed by atoms with Gasteiger partial charge in [0.15, 0.2) is 5.79 Å². The van der Waals surface area contributed by atoms with E-state index in [0.717, 1.165) is 55.3 Å². The van der Waals surface area contributed by atoms with Crippen LogP contribution in [0.3, 0.4) is 0 Å². The van der Waals surface area contributed by atoms with E-state index in [0.29, 0.717) is 34.7 Å². The number of fused-ring (bicyclic) bond motifs is 7. The molecule has 0 radical (unpaired) electrons. The van der Waals surface area contributed by atoms with Crippen molar-refractivity contribution in [2.24, 2.45) is 57.4 Å². The van der Waals surface area contributed by atoms with Crippen LogP contribution in [0.25, 0.3) is 0 Å². The molecule has 0 aromatic rings. The molecule has 11 atom stereocenters. The van der Waals surface area contributed by atoms with Crippen LogP contribution in [0.15, 0.2) is 5.16 Å². The number of ether oxygens (including phenoxy) is 2. The van der Waals surface area contributed by atoms with Gasteiger partial charge in [-0.3, -0.25) is 0 Å². The van der Waals surface area contributed by atoms with Crippen molar-refractivity contribution in [1.29, 1.82) is 0 Å². The van der Waals surface area contributed by atoms with Crippen molar-refractivity contribution >= 4 is 5.71 Å². The first-order valence-electron chi connectivity index (χ1n) is 13.3. The molecular weight excluding hydrogens is 386 g/mol. The highest BCUT2D eigenvalue weighted by Crippen LogP contribution is 2.71. The van der Waals surface area contributed by atoms with Gasteiger partial charge in [0.05, 0.1) is 18.4 Å². The Labute approximate surface area is 188 Å². The molecule has 4 aliphatic carbocycles. The van der Waals surface area contributed by atoms with E-state index in [9.17, 15) is 5.21 Å². The molecule has 174 valence electrons. The van der Waals surface area contributed by atoms with Crippen LogP contribution in [0, 0.1) is 52.3 Å². The average Bonchev–Trinajstić information content (AvgIpc) is 3.20. The van der Waals surface area contributed by atoms with Gasteiger partial charge in [-0.1, -0.05) is 32.9 Å². The zero-order valence-electron chi connectivity index (χ0n) is 20.1. The monoisotopic (exact) mass is 429 g/mol. The van der Waals surface area contributed by atoms with E-state index in [1.807, 2.05) is 0 Å². The molecule has 6 fully saturated rings. The molecule has 31 heavy (non-hydrogen) atoms. The first-order valence-corrected chi connectivity index (χ1v) is 13.3. The third kappa shape index (κ3) is 2.76. The Morgan fingerprint density at radius 1 is 0.968 bits per heavy atom. The van der Waals surface area contributed by atoms with Gasteiger partial charge in [0.1, 0.15) is 0 Å². The van der Waals surface area contributed by atoms with Crippen LogP contribution in [-0.2, 0) is 9.47 Å². The Morgan fingerprint density at radius 3 is 2.55 bits per heavy atom. The van der Waals surface area contributed by atoms with E-state index >= 15 is 0 Å². The van der Waals surface area contributed by atoms with Crippen LogP contribution in [0.5, 0.6) is 0 Å². The fourth-order valence-electron chi connectivity index (χ4n) is 10.2. The van der Waals surface area contributed by atoms with Gasteiger partial charge in [0.25, 0.3) is 0 Å². The summed E-state index contributed by atoms with van der Waals surface area (Å²) in [5.41, 5.74) is 1.90. The van der Waals surface area contributed by atoms with Gasteiger partial charge in [-0.2, -0.15) is 0 Å². The van der Waals surface area contributed by atoms with Crippen molar-refractivity contribution in [3.63, 3.8) is 0 Å². The molecule has 2 aliphatic heterocycles. The highest BCUT2D eigenvalue weighted by atomic mass is 16.7. The van der Waals surface area contributed by atoms with E-state index in [2.05, 4.69) is 32.9 Å². The summed E-state index contributed by atoms with van der Waals surface area (Å²) >= 11 is 0. The van der Waals surface area contributed by atoms with Gasteiger partial charge in [-0.15, -0.1) is 0 Å². The van der Waals surface area contributed by atoms with E-state index in [-0.39, 0.29) is 5.79 Å². The Morgan fingerprint density at radius 2 is 1.81 bits per heavy atom. The maximum atomic E-state index is 9.35. The Hall–Kier alpha value is -0.610. The summed E-state index contributed by atoms with van der Waals surface area (Å²) in [6.45, 7) is 10.9. The molecule has 0 aromatic heterocycles. The Bertz CT molecular complexity index is 758. The normalized spacial score (nSPS) is 59.8. The van der Waals surface area contributed by atoms with Crippen LogP contribution in [0.1, 0.15) is 91.9 Å². The average molecular weight is 430 g/mol. The lowest BCUT2D eigenvalue weighted by Crippen LogP contribution is -2.54. The maximum Gasteiger partial charge on any atom is 0.171 e. The smallest absolute Gasteiger partial charge is 0.171 e. The molecule has 2 heterocycles. The molecule has 4 heteroatoms. The second-order valence-corrected chi connectivity index (χ2v) is 13.0. The molecule has 0 bridgehead atoms. The number of rotatable bonds is 0. The number of nitrogens with zero attached hydrogens (tertiary/aromatic N) is 1. The van der Waals surface area contributed by atoms with Crippen LogP contribution in [0.2, 0.25) is 0 Å². The van der Waals surface area contributed by atoms with Crippen molar-refractivity contribution in [2.75, 3.05) is 6.61 Å². The summed E-state index contributed by atoms with van der Waals surface area (Å²) < 4.78 is 13.4. The van der Waals surface area contributed by atoms with Crippen LogP contribution in [-0.4, -0.2) is 29.4 Å². The minimum absolute atomic E-state index is 0.292. The molecule has 0 aromatic carbocycles. The van der Waals surface area contributed by atoms with Crippen LogP contribution in [0.4, 0.5) is 0 Å². The van der Waals surface area contributed by atoms with Crippen LogP contribution < -0.4 is 0 Å². The van der Waals surface area contributed by atoms with Crippen molar-refractivity contribution in [1.82, 2.24) is 0 Å². The number of hydrogen-bond donors (Lipinski definition) is 1. The van der Waals surface area contributed by atoms with Crippen molar-refractivity contribution in [3.8, 4) is 0 Å². The van der Waals surface area contributed by atoms with Crippen molar-refractivity contribution in [3.05, 3.63) is 0 Å². The summed E-state index contributed by atoms with van der Waals surface area (Å²) in [6.07, 6.45) is 12.7. The zero-order chi connectivity index (χ0) is 21.6. The largest absolute Gasteiger partial charge is 0.411 e. The van der Waals surface area contributed by atoms with Gasteiger partial charge >= 0.3 is 0 Å². The quantitative estimate of drug-likeness (QED) is 0.365. The second-order valence-electron chi connectivity index (χ2n) is 13.0. The highest BCUT2D eigenvalue weighted by Gasteiger charge is 2.69. The first-order chi connectivity index (χ1) is 14.8. The third-order valence-corrected chi connectivity index (χ3v) is 11.9. The van der Waals surface area contributed by atoms with Crippen molar-refractivity contribution in [2.45, 2.75) is 104 Å². The van der Waals surface area contributed by atoms with E-state index < -0.39 is 0 Å². The number of oxime groups is 1. The standard InChI is InChI=1S/C27H43NO3/c1-16-7-12-27(30-15-16)17(2)24-23(31-27)14-22-20-6-5-18-13-19(28-29)8-10-25(18,3)21(20)9-11-26(22,24)4/h16-18,20-24,29H,5-15H2,1-4H3/t16-,17-,18+,20+,21-,22-,23-,24-,25-,26-,27+/m0/s1. The maximum absolute atomic E-state index is 9.35. The predicted molar refractivity (Wildman–Crippen MR) is 121 cm³/mol. The number of hydrogen-bond acceptors (Lipinski definition) is 4. The zero-order valence-corrected chi connectivity index (χ0v) is 20.1. The summed E-state index contributed by atoms with van der Waals surface area (Å²) in [6, 6.07) is 0. The lowest BCUT2D eigenvalue weighted by Gasteiger charge is -2.60. The Kier molecular flexibility index (Phi) is 4.70. The predicted octanol–water partition coefficient (Wildman–Crippen LogP) is 6.26.